The summed E-state index contributed by atoms with van der Waals surface area (Å²) in [5, 5.41) is 8.99. The predicted octanol–water partition coefficient (Wildman–Crippen LogP) is 0.469. The summed E-state index contributed by atoms with van der Waals surface area (Å²) >= 11 is 0. The zero-order valence-electron chi connectivity index (χ0n) is 15.6. The van der Waals surface area contributed by atoms with Crippen molar-refractivity contribution in [3.8, 4) is 6.01 Å². The number of aromatic nitrogens is 2. The zero-order chi connectivity index (χ0) is 18.1. The lowest BCUT2D eigenvalue weighted by Crippen LogP contribution is -2.41. The molecule has 2 aliphatic heterocycles. The highest BCUT2D eigenvalue weighted by molar-refractivity contribution is 6.61. The lowest BCUT2D eigenvalue weighted by atomic mass is 9.81. The van der Waals surface area contributed by atoms with Gasteiger partial charge in [0.2, 0.25) is 0 Å². The van der Waals surface area contributed by atoms with Crippen LogP contribution in [0.2, 0.25) is 0 Å². The first kappa shape index (κ1) is 18.6. The summed E-state index contributed by atoms with van der Waals surface area (Å²) in [6.45, 7) is 11.6. The van der Waals surface area contributed by atoms with Crippen LogP contribution in [-0.2, 0) is 9.31 Å². The van der Waals surface area contributed by atoms with Crippen LogP contribution in [0.1, 0.15) is 34.1 Å². The maximum atomic E-state index is 8.99. The second-order valence-corrected chi connectivity index (χ2v) is 7.88. The number of aliphatic hydroxyl groups excluding tert-OH is 1. The van der Waals surface area contributed by atoms with E-state index in [4.69, 9.17) is 19.2 Å². The smallest absolute Gasteiger partial charge is 0.463 e. The number of β-amino-alcohol motifs (C(OH)–C–C–N with tert-alkyl or cyclic N) is 1. The van der Waals surface area contributed by atoms with E-state index in [0.717, 1.165) is 31.5 Å². The van der Waals surface area contributed by atoms with Gasteiger partial charge in [-0.25, -0.2) is 9.97 Å². The van der Waals surface area contributed by atoms with E-state index in [2.05, 4.69) is 14.9 Å². The monoisotopic (exact) mass is 349 g/mol. The van der Waals surface area contributed by atoms with Crippen LogP contribution in [0.5, 0.6) is 6.01 Å². The summed E-state index contributed by atoms with van der Waals surface area (Å²) in [4.78, 5) is 10.8. The van der Waals surface area contributed by atoms with E-state index in [-0.39, 0.29) is 17.8 Å². The first-order valence-corrected chi connectivity index (χ1v) is 8.94. The van der Waals surface area contributed by atoms with Crippen LogP contribution in [0.3, 0.4) is 0 Å². The van der Waals surface area contributed by atoms with E-state index in [9.17, 15) is 0 Å². The van der Waals surface area contributed by atoms with Crippen LogP contribution in [0.15, 0.2) is 12.4 Å². The fourth-order valence-electron chi connectivity index (χ4n) is 3.09. The SMILES string of the molecule is CC1(C)OB(c2cnc(OCC3CCN(CCO)C3)nc2)OC1(C)C. The van der Waals surface area contributed by atoms with Gasteiger partial charge in [0.05, 0.1) is 24.4 Å². The molecule has 25 heavy (non-hydrogen) atoms. The summed E-state index contributed by atoms with van der Waals surface area (Å²) in [6.07, 6.45) is 4.49. The Labute approximate surface area is 149 Å². The highest BCUT2D eigenvalue weighted by atomic mass is 16.7. The average molecular weight is 349 g/mol. The van der Waals surface area contributed by atoms with Gasteiger partial charge < -0.3 is 24.1 Å². The molecular weight excluding hydrogens is 321 g/mol. The van der Waals surface area contributed by atoms with Crippen LogP contribution in [0, 0.1) is 5.92 Å². The van der Waals surface area contributed by atoms with Crippen LogP contribution < -0.4 is 10.2 Å². The molecule has 3 rings (SSSR count). The molecule has 0 spiro atoms. The normalized spacial score (nSPS) is 25.5. The van der Waals surface area contributed by atoms with Crippen molar-refractivity contribution in [1.29, 1.82) is 0 Å². The maximum Gasteiger partial charge on any atom is 0.498 e. The molecular formula is C17H28BN3O4. The summed E-state index contributed by atoms with van der Waals surface area (Å²) in [5.41, 5.74) is 0.0342. The second-order valence-electron chi connectivity index (χ2n) is 7.88. The molecule has 138 valence electrons. The van der Waals surface area contributed by atoms with Gasteiger partial charge >= 0.3 is 13.1 Å². The van der Waals surface area contributed by atoms with Gasteiger partial charge in [-0.15, -0.1) is 0 Å². The van der Waals surface area contributed by atoms with Crippen molar-refractivity contribution in [2.24, 2.45) is 5.92 Å². The standard InChI is InChI=1S/C17H28BN3O4/c1-16(2)17(3,4)25-18(24-16)14-9-19-15(20-10-14)23-12-13-5-6-21(11-13)7-8-22/h9-10,13,22H,5-8,11-12H2,1-4H3. The van der Waals surface area contributed by atoms with Gasteiger partial charge in [0.25, 0.3) is 0 Å². The number of aliphatic hydroxyl groups is 1. The third kappa shape index (κ3) is 4.14. The summed E-state index contributed by atoms with van der Waals surface area (Å²) in [5.74, 6) is 0.456. The molecule has 0 aromatic carbocycles. The van der Waals surface area contributed by atoms with Crippen molar-refractivity contribution in [3.63, 3.8) is 0 Å². The molecule has 2 fully saturated rings. The second kappa shape index (κ2) is 7.19. The Morgan fingerprint density at radius 2 is 1.88 bits per heavy atom. The molecule has 1 unspecified atom stereocenters. The molecule has 1 aromatic heterocycles. The van der Waals surface area contributed by atoms with Crippen molar-refractivity contribution in [1.82, 2.24) is 14.9 Å². The molecule has 0 saturated carbocycles. The highest BCUT2D eigenvalue weighted by Gasteiger charge is 2.51. The van der Waals surface area contributed by atoms with Crippen molar-refractivity contribution in [2.75, 3.05) is 32.8 Å². The third-order valence-corrected chi connectivity index (χ3v) is 5.41. The maximum absolute atomic E-state index is 8.99. The van der Waals surface area contributed by atoms with E-state index in [1.807, 2.05) is 27.7 Å². The highest BCUT2D eigenvalue weighted by Crippen LogP contribution is 2.36. The largest absolute Gasteiger partial charge is 0.498 e. The Bertz CT molecular complexity index is 566. The van der Waals surface area contributed by atoms with Gasteiger partial charge in [-0.3, -0.25) is 0 Å². The Morgan fingerprint density at radius 3 is 2.48 bits per heavy atom. The molecule has 7 nitrogen and oxygen atoms in total. The van der Waals surface area contributed by atoms with Crippen molar-refractivity contribution < 1.29 is 19.2 Å². The summed E-state index contributed by atoms with van der Waals surface area (Å²) < 4.78 is 17.7. The van der Waals surface area contributed by atoms with E-state index in [1.165, 1.54) is 0 Å². The van der Waals surface area contributed by atoms with Crippen LogP contribution >= 0.6 is 0 Å². The van der Waals surface area contributed by atoms with Gasteiger partial charge in [0.1, 0.15) is 0 Å². The van der Waals surface area contributed by atoms with Crippen LogP contribution in [0.4, 0.5) is 0 Å². The summed E-state index contributed by atoms with van der Waals surface area (Å²) in [7, 11) is -0.457. The predicted molar refractivity (Wildman–Crippen MR) is 94.9 cm³/mol. The molecule has 1 atom stereocenters. The van der Waals surface area contributed by atoms with Crippen molar-refractivity contribution in [3.05, 3.63) is 12.4 Å². The zero-order valence-corrected chi connectivity index (χ0v) is 15.6. The van der Waals surface area contributed by atoms with Crippen molar-refractivity contribution in [2.45, 2.75) is 45.3 Å². The number of rotatable bonds is 6. The van der Waals surface area contributed by atoms with Crippen LogP contribution in [-0.4, -0.2) is 71.1 Å². The van der Waals surface area contributed by atoms with Crippen LogP contribution in [0.25, 0.3) is 0 Å². The molecule has 0 radical (unpaired) electrons. The molecule has 8 heteroatoms. The fraction of sp³-hybridized carbons (Fsp3) is 0.765. The number of ether oxygens (including phenoxy) is 1. The Morgan fingerprint density at radius 1 is 1.24 bits per heavy atom. The molecule has 2 aliphatic rings. The van der Waals surface area contributed by atoms with Gasteiger partial charge in [-0.05, 0) is 40.7 Å². The minimum absolute atomic E-state index is 0.205. The first-order chi connectivity index (χ1) is 11.8. The molecule has 0 bridgehead atoms. The quantitative estimate of drug-likeness (QED) is 0.748. The molecule has 0 amide bonds. The average Bonchev–Trinajstić information content (AvgIpc) is 3.08. The van der Waals surface area contributed by atoms with Gasteiger partial charge in [-0.2, -0.15) is 0 Å². The molecule has 1 aromatic rings. The molecule has 3 heterocycles. The molecule has 0 aliphatic carbocycles. The number of hydrogen-bond acceptors (Lipinski definition) is 7. The lowest BCUT2D eigenvalue weighted by molar-refractivity contribution is 0.00578. The number of nitrogens with zero attached hydrogens (tertiary/aromatic N) is 3. The van der Waals surface area contributed by atoms with E-state index in [1.54, 1.807) is 12.4 Å². The van der Waals surface area contributed by atoms with Crippen molar-refractivity contribution >= 4 is 12.6 Å². The number of hydrogen-bond donors (Lipinski definition) is 1. The third-order valence-electron chi connectivity index (χ3n) is 5.41. The van der Waals surface area contributed by atoms with Gasteiger partial charge in [0.15, 0.2) is 0 Å². The van der Waals surface area contributed by atoms with Gasteiger partial charge in [-0.1, -0.05) is 0 Å². The van der Waals surface area contributed by atoms with E-state index < -0.39 is 7.12 Å². The lowest BCUT2D eigenvalue weighted by Gasteiger charge is -2.32. The minimum Gasteiger partial charge on any atom is -0.463 e. The van der Waals surface area contributed by atoms with E-state index >= 15 is 0 Å². The topological polar surface area (TPSA) is 76.9 Å². The number of likely N-dealkylation sites (tertiary alicyclic amines) is 1. The summed E-state index contributed by atoms with van der Waals surface area (Å²) in [6, 6.07) is 0.376. The minimum atomic E-state index is -0.457. The fourth-order valence-corrected chi connectivity index (χ4v) is 3.09. The Balaban J connectivity index is 1.52. The molecule has 2 saturated heterocycles. The van der Waals surface area contributed by atoms with E-state index in [0.29, 0.717) is 18.5 Å². The Kier molecular flexibility index (Phi) is 5.34. The first-order valence-electron chi connectivity index (χ1n) is 8.94. The molecule has 1 N–H and O–H groups in total. The van der Waals surface area contributed by atoms with Gasteiger partial charge in [0, 0.05) is 36.9 Å². The Hall–Kier alpha value is -1.22.